The monoisotopic (exact) mass is 345 g/mol. The zero-order valence-electron chi connectivity index (χ0n) is 10.7. The van der Waals surface area contributed by atoms with Crippen molar-refractivity contribution < 1.29 is 13.2 Å². The van der Waals surface area contributed by atoms with Crippen molar-refractivity contribution in [2.45, 2.75) is 11.4 Å². The Bertz CT molecular complexity index is 787. The number of hydrogen-bond acceptors (Lipinski definition) is 5. The minimum absolute atomic E-state index is 0.0293. The van der Waals surface area contributed by atoms with E-state index in [9.17, 15) is 13.2 Å². The molecule has 1 aromatic heterocycles. The third-order valence-electron chi connectivity index (χ3n) is 2.66. The fourth-order valence-corrected chi connectivity index (χ4v) is 3.14. The predicted molar refractivity (Wildman–Crippen MR) is 83.0 cm³/mol. The predicted octanol–water partition coefficient (Wildman–Crippen LogP) is 1.76. The Morgan fingerprint density at radius 1 is 1.33 bits per heavy atom. The molecule has 0 bridgehead atoms. The van der Waals surface area contributed by atoms with E-state index in [2.05, 4.69) is 5.32 Å². The van der Waals surface area contributed by atoms with Crippen LogP contribution in [0.25, 0.3) is 0 Å². The van der Waals surface area contributed by atoms with Crippen molar-refractivity contribution >= 4 is 44.6 Å². The molecular weight excluding hydrogens is 334 g/mol. The van der Waals surface area contributed by atoms with Crippen LogP contribution in [0.2, 0.25) is 5.02 Å². The molecule has 0 saturated heterocycles. The molecule has 0 spiro atoms. The highest BCUT2D eigenvalue weighted by Crippen LogP contribution is 2.26. The first kappa shape index (κ1) is 15.8. The minimum Gasteiger partial charge on any atom is -0.379 e. The highest BCUT2D eigenvalue weighted by Gasteiger charge is 2.11. The van der Waals surface area contributed by atoms with Crippen molar-refractivity contribution in [1.29, 1.82) is 0 Å². The Hall–Kier alpha value is -1.61. The summed E-state index contributed by atoms with van der Waals surface area (Å²) in [5, 5.41) is 10.1. The number of halogens is 1. The van der Waals surface area contributed by atoms with Gasteiger partial charge in [-0.05, 0) is 24.3 Å². The van der Waals surface area contributed by atoms with Crippen LogP contribution in [0.3, 0.4) is 0 Å². The lowest BCUT2D eigenvalue weighted by Crippen LogP contribution is -2.12. The number of nitrogens with one attached hydrogen (secondary N) is 1. The number of anilines is 1. The van der Waals surface area contributed by atoms with E-state index in [0.717, 1.165) is 4.88 Å². The van der Waals surface area contributed by atoms with E-state index in [1.54, 1.807) is 11.4 Å². The molecule has 9 heteroatoms. The summed E-state index contributed by atoms with van der Waals surface area (Å²) in [4.78, 5) is 11.8. The molecule has 0 aliphatic rings. The lowest BCUT2D eigenvalue weighted by molar-refractivity contribution is 0.100. The number of primary amides is 1. The Kier molecular flexibility index (Phi) is 4.52. The van der Waals surface area contributed by atoms with Gasteiger partial charge in [-0.2, -0.15) is 0 Å². The third kappa shape index (κ3) is 3.94. The molecule has 0 aliphatic heterocycles. The molecule has 2 rings (SSSR count). The number of thiophene rings is 1. The molecule has 21 heavy (non-hydrogen) atoms. The number of amides is 1. The quantitative estimate of drug-likeness (QED) is 0.765. The number of nitrogens with two attached hydrogens (primary N) is 2. The number of sulfonamides is 1. The van der Waals surface area contributed by atoms with E-state index in [1.807, 2.05) is 0 Å². The zero-order chi connectivity index (χ0) is 15.6. The summed E-state index contributed by atoms with van der Waals surface area (Å²) >= 11 is 7.36. The number of carbonyl (C=O) groups excluding carboxylic acids is 1. The highest BCUT2D eigenvalue weighted by atomic mass is 35.5. The highest BCUT2D eigenvalue weighted by molar-refractivity contribution is 7.89. The van der Waals surface area contributed by atoms with Gasteiger partial charge < -0.3 is 11.1 Å². The second-order valence-electron chi connectivity index (χ2n) is 4.21. The van der Waals surface area contributed by atoms with Crippen LogP contribution in [-0.4, -0.2) is 14.3 Å². The maximum Gasteiger partial charge on any atom is 0.249 e. The summed E-state index contributed by atoms with van der Waals surface area (Å²) in [5.74, 6) is -0.494. The SMILES string of the molecule is NC(=O)c1csc(CNc2cc(S(N)(=O)=O)ccc2Cl)c1. The van der Waals surface area contributed by atoms with Gasteiger partial charge in [0.25, 0.3) is 0 Å². The molecule has 1 heterocycles. The van der Waals surface area contributed by atoms with E-state index in [-0.39, 0.29) is 4.90 Å². The fraction of sp³-hybridized carbons (Fsp3) is 0.0833. The Labute approximate surface area is 130 Å². The first-order valence-electron chi connectivity index (χ1n) is 5.71. The smallest absolute Gasteiger partial charge is 0.249 e. The molecule has 1 aromatic carbocycles. The van der Waals surface area contributed by atoms with Crippen molar-refractivity contribution in [2.24, 2.45) is 10.9 Å². The summed E-state index contributed by atoms with van der Waals surface area (Å²) in [5.41, 5.74) is 6.05. The first-order valence-corrected chi connectivity index (χ1v) is 8.51. The summed E-state index contributed by atoms with van der Waals surface area (Å²) in [6.07, 6.45) is 0. The Balaban J connectivity index is 2.17. The lowest BCUT2D eigenvalue weighted by atomic mass is 10.3. The second kappa shape index (κ2) is 6.02. The summed E-state index contributed by atoms with van der Waals surface area (Å²) in [6, 6.07) is 5.81. The van der Waals surface area contributed by atoms with Crippen molar-refractivity contribution in [3.05, 3.63) is 45.1 Å². The standard InChI is InChI=1S/C12H12ClN3O3S2/c13-10-2-1-9(21(15,18)19)4-11(10)16-5-8-3-7(6-20-8)12(14)17/h1-4,6,16H,5H2,(H2,14,17)(H2,15,18,19). The normalized spacial score (nSPS) is 11.3. The summed E-state index contributed by atoms with van der Waals surface area (Å²) < 4.78 is 22.6. The zero-order valence-corrected chi connectivity index (χ0v) is 13.1. The number of carbonyl (C=O) groups is 1. The van der Waals surface area contributed by atoms with Crippen molar-refractivity contribution in [2.75, 3.05) is 5.32 Å². The van der Waals surface area contributed by atoms with Crippen molar-refractivity contribution in [3.63, 3.8) is 0 Å². The first-order chi connectivity index (χ1) is 9.77. The van der Waals surface area contributed by atoms with Crippen molar-refractivity contribution in [3.8, 4) is 0 Å². The number of rotatable bonds is 5. The summed E-state index contributed by atoms with van der Waals surface area (Å²) in [7, 11) is -3.79. The number of benzene rings is 1. The van der Waals surface area contributed by atoms with E-state index >= 15 is 0 Å². The number of hydrogen-bond donors (Lipinski definition) is 3. The fourth-order valence-electron chi connectivity index (χ4n) is 1.60. The molecule has 0 radical (unpaired) electrons. The van der Waals surface area contributed by atoms with Crippen LogP contribution in [0.15, 0.2) is 34.5 Å². The van der Waals surface area contributed by atoms with Gasteiger partial charge in [-0.25, -0.2) is 13.6 Å². The molecule has 6 nitrogen and oxygen atoms in total. The van der Waals surface area contributed by atoms with E-state index in [1.165, 1.54) is 29.5 Å². The van der Waals surface area contributed by atoms with Crippen LogP contribution in [0.1, 0.15) is 15.2 Å². The van der Waals surface area contributed by atoms with Gasteiger partial charge in [0.2, 0.25) is 15.9 Å². The lowest BCUT2D eigenvalue weighted by Gasteiger charge is -2.08. The topological polar surface area (TPSA) is 115 Å². The Morgan fingerprint density at radius 2 is 2.05 bits per heavy atom. The minimum atomic E-state index is -3.79. The molecule has 0 saturated carbocycles. The van der Waals surface area contributed by atoms with Crippen LogP contribution >= 0.6 is 22.9 Å². The molecule has 5 N–H and O–H groups in total. The van der Waals surface area contributed by atoms with Gasteiger partial charge in [0.15, 0.2) is 0 Å². The number of primary sulfonamides is 1. The molecule has 0 aliphatic carbocycles. The van der Waals surface area contributed by atoms with Crippen LogP contribution in [0.5, 0.6) is 0 Å². The molecule has 0 atom stereocenters. The van der Waals surface area contributed by atoms with Gasteiger partial charge in [0.05, 0.1) is 21.2 Å². The van der Waals surface area contributed by atoms with E-state index < -0.39 is 15.9 Å². The molecule has 2 aromatic rings. The van der Waals surface area contributed by atoms with Gasteiger partial charge in [0, 0.05) is 16.8 Å². The molecular formula is C12H12ClN3O3S2. The second-order valence-corrected chi connectivity index (χ2v) is 7.17. The summed E-state index contributed by atoms with van der Waals surface area (Å²) in [6.45, 7) is 0.381. The maximum atomic E-state index is 11.3. The Morgan fingerprint density at radius 3 is 2.62 bits per heavy atom. The van der Waals surface area contributed by atoms with Gasteiger partial charge >= 0.3 is 0 Å². The molecule has 1 amide bonds. The van der Waals surface area contributed by atoms with Gasteiger partial charge in [-0.15, -0.1) is 11.3 Å². The largest absolute Gasteiger partial charge is 0.379 e. The van der Waals surface area contributed by atoms with Gasteiger partial charge in [0.1, 0.15) is 0 Å². The maximum absolute atomic E-state index is 11.3. The van der Waals surface area contributed by atoms with Crippen molar-refractivity contribution in [1.82, 2.24) is 0 Å². The van der Waals surface area contributed by atoms with E-state index in [0.29, 0.717) is 22.8 Å². The average molecular weight is 346 g/mol. The molecule has 0 unspecified atom stereocenters. The van der Waals surface area contributed by atoms with Crippen LogP contribution < -0.4 is 16.2 Å². The van der Waals surface area contributed by atoms with Crippen LogP contribution in [0.4, 0.5) is 5.69 Å². The van der Waals surface area contributed by atoms with Gasteiger partial charge in [-0.3, -0.25) is 4.79 Å². The van der Waals surface area contributed by atoms with Crippen LogP contribution in [-0.2, 0) is 16.6 Å². The molecule has 0 fully saturated rings. The average Bonchev–Trinajstić information content (AvgIpc) is 2.85. The van der Waals surface area contributed by atoms with Gasteiger partial charge in [-0.1, -0.05) is 11.6 Å². The van der Waals surface area contributed by atoms with Crippen LogP contribution in [0, 0.1) is 0 Å². The molecule has 112 valence electrons. The third-order valence-corrected chi connectivity index (χ3v) is 4.84. The van der Waals surface area contributed by atoms with E-state index in [4.69, 9.17) is 22.5 Å².